The summed E-state index contributed by atoms with van der Waals surface area (Å²) in [6.45, 7) is 1.50. The second-order valence-corrected chi connectivity index (χ2v) is 6.28. The largest absolute Gasteiger partial charge is 0.348 e. The van der Waals surface area contributed by atoms with Crippen molar-refractivity contribution in [1.82, 2.24) is 0 Å². The van der Waals surface area contributed by atoms with Crippen LogP contribution in [0.2, 0.25) is 4.34 Å². The van der Waals surface area contributed by atoms with Gasteiger partial charge in [-0.05, 0) is 30.5 Å². The van der Waals surface area contributed by atoms with Gasteiger partial charge in [0.2, 0.25) is 0 Å². The molecule has 1 aliphatic rings. The second-order valence-electron chi connectivity index (χ2n) is 3.39. The van der Waals surface area contributed by atoms with Crippen LogP contribution in [0, 0.1) is 0 Å². The molecule has 1 aromatic rings. The summed E-state index contributed by atoms with van der Waals surface area (Å²) in [5.41, 5.74) is 0. The molecule has 2 heterocycles. The van der Waals surface area contributed by atoms with E-state index in [1.54, 1.807) is 23.1 Å². The van der Waals surface area contributed by atoms with E-state index in [9.17, 15) is 0 Å². The predicted octanol–water partition coefficient (Wildman–Crippen LogP) is 3.52. The molecule has 5 heteroatoms. The molecule has 1 aromatic heterocycles. The van der Waals surface area contributed by atoms with Crippen LogP contribution in [0.3, 0.4) is 0 Å². The zero-order chi connectivity index (χ0) is 11.4. The Hall–Kier alpha value is -0.0000000000000000486. The first-order chi connectivity index (χ1) is 7.78. The van der Waals surface area contributed by atoms with Gasteiger partial charge in [0, 0.05) is 4.88 Å². The first-order valence-electron chi connectivity index (χ1n) is 4.97. The summed E-state index contributed by atoms with van der Waals surface area (Å²) < 4.78 is 11.9. The highest BCUT2D eigenvalue weighted by atomic mass is 35.5. The molecule has 0 saturated carbocycles. The van der Waals surface area contributed by atoms with Crippen LogP contribution in [0.15, 0.2) is 18.2 Å². The summed E-state index contributed by atoms with van der Waals surface area (Å²) in [5, 5.41) is 0.459. The summed E-state index contributed by atoms with van der Waals surface area (Å²) in [5.74, 6) is 0. The summed E-state index contributed by atoms with van der Waals surface area (Å²) in [6.07, 6.45) is 5.77. The Labute approximate surface area is 109 Å². The Morgan fingerprint density at radius 3 is 2.75 bits per heavy atom. The molecule has 0 atom stereocenters. The van der Waals surface area contributed by atoms with E-state index in [4.69, 9.17) is 21.1 Å². The Bertz CT molecular complexity index is 357. The highest BCUT2D eigenvalue weighted by Gasteiger charge is 2.19. The molecule has 2 rings (SSSR count). The van der Waals surface area contributed by atoms with Gasteiger partial charge in [-0.1, -0.05) is 11.6 Å². The lowest BCUT2D eigenvalue weighted by molar-refractivity contribution is -0.145. The van der Waals surface area contributed by atoms with Crippen LogP contribution in [-0.4, -0.2) is 31.0 Å². The molecule has 0 bridgehead atoms. The van der Waals surface area contributed by atoms with Gasteiger partial charge in [0.05, 0.1) is 22.8 Å². The fourth-order valence-corrected chi connectivity index (χ4v) is 2.74. The zero-order valence-electron chi connectivity index (χ0n) is 8.89. The molecular formula is C11H13ClO2S2. The summed E-state index contributed by atoms with van der Waals surface area (Å²) in [4.78, 5) is 1.11. The fourth-order valence-electron chi connectivity index (χ4n) is 1.34. The topological polar surface area (TPSA) is 18.5 Å². The molecule has 88 valence electrons. The van der Waals surface area contributed by atoms with Crippen LogP contribution in [0.25, 0.3) is 6.08 Å². The molecule has 0 spiro atoms. The maximum Gasteiger partial charge on any atom is 0.177 e. The number of ether oxygens (including phenoxy) is 2. The predicted molar refractivity (Wildman–Crippen MR) is 71.4 cm³/mol. The first-order valence-corrected chi connectivity index (χ1v) is 7.45. The van der Waals surface area contributed by atoms with Crippen LogP contribution in [-0.2, 0) is 9.47 Å². The minimum atomic E-state index is -0.218. The molecule has 0 unspecified atom stereocenters. The highest BCUT2D eigenvalue weighted by molar-refractivity contribution is 7.99. The van der Waals surface area contributed by atoms with Gasteiger partial charge in [-0.2, -0.15) is 11.8 Å². The monoisotopic (exact) mass is 276 g/mol. The van der Waals surface area contributed by atoms with Crippen LogP contribution in [0.1, 0.15) is 4.88 Å². The lowest BCUT2D eigenvalue weighted by Crippen LogP contribution is -2.32. The van der Waals surface area contributed by atoms with E-state index in [0.717, 1.165) is 22.4 Å². The molecule has 2 nitrogen and oxygen atoms in total. The number of rotatable bonds is 3. The van der Waals surface area contributed by atoms with Gasteiger partial charge in [0.1, 0.15) is 0 Å². The van der Waals surface area contributed by atoms with Crippen molar-refractivity contribution in [2.45, 2.75) is 11.5 Å². The number of halogens is 1. The van der Waals surface area contributed by atoms with Gasteiger partial charge in [0.25, 0.3) is 0 Å². The molecular weight excluding hydrogens is 264 g/mol. The lowest BCUT2D eigenvalue weighted by Gasteiger charge is -2.26. The van der Waals surface area contributed by atoms with Crippen molar-refractivity contribution in [2.75, 3.05) is 19.5 Å². The summed E-state index contributed by atoms with van der Waals surface area (Å²) >= 11 is 9.16. The first kappa shape index (κ1) is 12.5. The van der Waals surface area contributed by atoms with Gasteiger partial charge in [0.15, 0.2) is 6.29 Å². The van der Waals surface area contributed by atoms with Crippen LogP contribution in [0.4, 0.5) is 0 Å². The SMILES string of the molecule is CSC1COC(/C=C/c2ccc(Cl)s2)OC1. The lowest BCUT2D eigenvalue weighted by atomic mass is 10.4. The Balaban J connectivity index is 1.84. The zero-order valence-corrected chi connectivity index (χ0v) is 11.3. The van der Waals surface area contributed by atoms with Crippen molar-refractivity contribution in [1.29, 1.82) is 0 Å². The number of thioether (sulfide) groups is 1. The van der Waals surface area contributed by atoms with Crippen molar-refractivity contribution in [2.24, 2.45) is 0 Å². The third-order valence-corrected chi connectivity index (χ3v) is 4.37. The third kappa shape index (κ3) is 3.50. The third-order valence-electron chi connectivity index (χ3n) is 2.24. The van der Waals surface area contributed by atoms with Gasteiger partial charge in [-0.3, -0.25) is 0 Å². The number of hydrogen-bond acceptors (Lipinski definition) is 4. The summed E-state index contributed by atoms with van der Waals surface area (Å²) in [6, 6.07) is 3.87. The van der Waals surface area contributed by atoms with Gasteiger partial charge in [-0.15, -0.1) is 11.3 Å². The van der Waals surface area contributed by atoms with Crippen molar-refractivity contribution in [3.8, 4) is 0 Å². The number of thiophene rings is 1. The average molecular weight is 277 g/mol. The summed E-state index contributed by atoms with van der Waals surface area (Å²) in [7, 11) is 0. The quantitative estimate of drug-likeness (QED) is 0.842. The van der Waals surface area contributed by atoms with E-state index in [-0.39, 0.29) is 6.29 Å². The standard InChI is InChI=1S/C11H13ClO2S2/c1-15-9-6-13-11(14-7-9)5-3-8-2-4-10(12)16-8/h2-5,9,11H,6-7H2,1H3/b5-3+. The van der Waals surface area contributed by atoms with Crippen molar-refractivity contribution >= 4 is 40.8 Å². The minimum absolute atomic E-state index is 0.218. The molecule has 0 radical (unpaired) electrons. The fraction of sp³-hybridized carbons (Fsp3) is 0.455. The molecule has 0 aromatic carbocycles. The average Bonchev–Trinajstić information content (AvgIpc) is 2.73. The van der Waals surface area contributed by atoms with Gasteiger partial charge < -0.3 is 9.47 Å². The Morgan fingerprint density at radius 2 is 2.19 bits per heavy atom. The molecule has 0 amide bonds. The molecule has 1 saturated heterocycles. The van der Waals surface area contributed by atoms with E-state index in [2.05, 4.69) is 6.26 Å². The van der Waals surface area contributed by atoms with E-state index in [1.165, 1.54) is 0 Å². The van der Waals surface area contributed by atoms with E-state index >= 15 is 0 Å². The highest BCUT2D eigenvalue weighted by Crippen LogP contribution is 2.23. The van der Waals surface area contributed by atoms with Crippen LogP contribution >= 0.6 is 34.7 Å². The Morgan fingerprint density at radius 1 is 1.44 bits per heavy atom. The van der Waals surface area contributed by atoms with Crippen LogP contribution in [0.5, 0.6) is 0 Å². The van der Waals surface area contributed by atoms with Gasteiger partial charge in [-0.25, -0.2) is 0 Å². The molecule has 0 aliphatic carbocycles. The Kier molecular flexibility index (Phi) is 4.73. The second kappa shape index (κ2) is 6.07. The maximum atomic E-state index is 5.84. The van der Waals surface area contributed by atoms with Crippen LogP contribution < -0.4 is 0 Å². The molecule has 1 aliphatic heterocycles. The minimum Gasteiger partial charge on any atom is -0.348 e. The maximum absolute atomic E-state index is 5.84. The normalized spacial score (nSPS) is 26.4. The molecule has 0 N–H and O–H groups in total. The van der Waals surface area contributed by atoms with E-state index in [1.807, 2.05) is 24.3 Å². The van der Waals surface area contributed by atoms with E-state index < -0.39 is 0 Å². The number of hydrogen-bond donors (Lipinski definition) is 0. The van der Waals surface area contributed by atoms with Crippen molar-refractivity contribution in [3.05, 3.63) is 27.4 Å². The van der Waals surface area contributed by atoms with Crippen molar-refractivity contribution in [3.63, 3.8) is 0 Å². The van der Waals surface area contributed by atoms with E-state index in [0.29, 0.717) is 5.25 Å². The van der Waals surface area contributed by atoms with Crippen molar-refractivity contribution < 1.29 is 9.47 Å². The molecule has 16 heavy (non-hydrogen) atoms. The van der Waals surface area contributed by atoms with Gasteiger partial charge >= 0.3 is 0 Å². The molecule has 1 fully saturated rings. The smallest absolute Gasteiger partial charge is 0.177 e.